The van der Waals surface area contributed by atoms with Gasteiger partial charge in [0.05, 0.1) is 29.6 Å². The number of rotatable bonds is 4. The highest BCUT2D eigenvalue weighted by Crippen LogP contribution is 2.41. The van der Waals surface area contributed by atoms with Crippen LogP contribution in [-0.4, -0.2) is 57.0 Å². The van der Waals surface area contributed by atoms with Crippen LogP contribution in [0.15, 0.2) is 24.1 Å². The molecular weight excluding hydrogens is 471 g/mol. The van der Waals surface area contributed by atoms with Gasteiger partial charge in [-0.25, -0.2) is 19.9 Å². The minimum Gasteiger partial charge on any atom is -0.373 e. The summed E-state index contributed by atoms with van der Waals surface area (Å²) in [5.74, 6) is -0.403. The normalized spacial score (nSPS) is 22.2. The first-order valence-corrected chi connectivity index (χ1v) is 11.8. The van der Waals surface area contributed by atoms with Crippen LogP contribution in [-0.2, 0) is 4.74 Å². The zero-order chi connectivity index (χ0) is 25.6. The molecule has 4 heterocycles. The summed E-state index contributed by atoms with van der Waals surface area (Å²) in [7, 11) is 3.78. The lowest BCUT2D eigenvalue weighted by atomic mass is 9.91. The molecule has 3 aromatic rings. The third-order valence-electron chi connectivity index (χ3n) is 6.69. The quantitative estimate of drug-likeness (QED) is 0.482. The molecule has 1 aliphatic heterocycles. The minimum absolute atomic E-state index is 0.0734. The number of hydrogen-bond donors (Lipinski definition) is 0. The summed E-state index contributed by atoms with van der Waals surface area (Å²) in [4.78, 5) is 20.6. The molecule has 1 aliphatic carbocycles. The van der Waals surface area contributed by atoms with Crippen molar-refractivity contribution in [2.45, 2.75) is 51.3 Å². The number of allylic oxidation sites excluding steroid dienone is 1. The smallest absolute Gasteiger partial charge is 0.373 e. The topological polar surface area (TPSA) is 89.8 Å². The molecule has 5 rings (SSSR count). The van der Waals surface area contributed by atoms with Crippen LogP contribution in [0.25, 0.3) is 16.7 Å². The summed E-state index contributed by atoms with van der Waals surface area (Å²) in [5, 5.41) is 8.23. The van der Waals surface area contributed by atoms with E-state index < -0.39 is 12.1 Å². The van der Waals surface area contributed by atoms with Crippen molar-refractivity contribution >= 4 is 22.6 Å². The van der Waals surface area contributed by atoms with E-state index in [-0.39, 0.29) is 18.4 Å². The number of alkyl halides is 3. The second kappa shape index (κ2) is 9.22. The molecule has 8 nitrogen and oxygen atoms in total. The molecule has 3 aromatic heterocycles. The molecule has 188 valence electrons. The van der Waals surface area contributed by atoms with Gasteiger partial charge in [-0.3, -0.25) is 0 Å². The minimum atomic E-state index is -4.34. The highest BCUT2D eigenvalue weighted by atomic mass is 19.4. The van der Waals surface area contributed by atoms with Gasteiger partial charge in [-0.2, -0.15) is 18.3 Å². The first-order chi connectivity index (χ1) is 17.1. The summed E-state index contributed by atoms with van der Waals surface area (Å²) in [6.45, 7) is 4.13. The van der Waals surface area contributed by atoms with Gasteiger partial charge in [-0.15, -0.1) is 10.8 Å². The van der Waals surface area contributed by atoms with E-state index in [2.05, 4.69) is 25.9 Å². The standard InChI is InChI=1S/C25H26F3N7O/c1-13-14(2)31-24-22(30-13)21(15-5-6-18(9-15)25(26,27)28)32-23(33-24)16-7-8-36-19(10-16)17-11-20(35(3)4)34-29-12-17/h6,11-12,16,18-19H,7-10H2,1-4H3/t16-,18?,19+/m0/s1. The fraction of sp³-hybridized carbons (Fsp3) is 0.480. The maximum atomic E-state index is 13.4. The summed E-state index contributed by atoms with van der Waals surface area (Å²) >= 11 is 0. The lowest BCUT2D eigenvalue weighted by molar-refractivity contribution is -0.158. The Hall–Kier alpha value is -3.43. The molecule has 3 atom stereocenters. The van der Waals surface area contributed by atoms with Gasteiger partial charge in [0.1, 0.15) is 17.0 Å². The molecule has 36 heavy (non-hydrogen) atoms. The molecule has 1 saturated heterocycles. The second-order valence-corrected chi connectivity index (χ2v) is 9.46. The molecule has 0 spiro atoms. The molecule has 1 unspecified atom stereocenters. The Morgan fingerprint density at radius 1 is 1.08 bits per heavy atom. The predicted octanol–water partition coefficient (Wildman–Crippen LogP) is 4.65. The van der Waals surface area contributed by atoms with E-state index in [1.54, 1.807) is 6.20 Å². The number of anilines is 1. The van der Waals surface area contributed by atoms with Gasteiger partial charge in [-0.05, 0) is 45.3 Å². The van der Waals surface area contributed by atoms with Gasteiger partial charge in [0, 0.05) is 37.8 Å². The van der Waals surface area contributed by atoms with Gasteiger partial charge < -0.3 is 9.64 Å². The third kappa shape index (κ3) is 4.68. The van der Waals surface area contributed by atoms with Crippen molar-refractivity contribution in [3.63, 3.8) is 0 Å². The number of nitrogens with zero attached hydrogens (tertiary/aromatic N) is 7. The fourth-order valence-electron chi connectivity index (χ4n) is 4.46. The van der Waals surface area contributed by atoms with E-state index >= 15 is 0 Å². The number of aromatic nitrogens is 6. The summed E-state index contributed by atoms with van der Waals surface area (Å²) in [6, 6.07) is 1.94. The Kier molecular flexibility index (Phi) is 6.22. The Morgan fingerprint density at radius 3 is 2.58 bits per heavy atom. The van der Waals surface area contributed by atoms with Crippen LogP contribution in [0.5, 0.6) is 0 Å². The van der Waals surface area contributed by atoms with Crippen molar-refractivity contribution in [2.75, 3.05) is 25.6 Å². The maximum Gasteiger partial charge on any atom is 0.396 e. The summed E-state index contributed by atoms with van der Waals surface area (Å²) < 4.78 is 46.1. The molecule has 0 bridgehead atoms. The van der Waals surface area contributed by atoms with Crippen LogP contribution in [0.1, 0.15) is 59.8 Å². The van der Waals surface area contributed by atoms with Crippen LogP contribution >= 0.6 is 0 Å². The van der Waals surface area contributed by atoms with Crippen LogP contribution < -0.4 is 4.90 Å². The molecule has 1 fully saturated rings. The zero-order valence-corrected chi connectivity index (χ0v) is 20.5. The van der Waals surface area contributed by atoms with Crippen LogP contribution in [0, 0.1) is 19.8 Å². The van der Waals surface area contributed by atoms with E-state index in [9.17, 15) is 13.2 Å². The van der Waals surface area contributed by atoms with Gasteiger partial charge in [0.15, 0.2) is 11.5 Å². The third-order valence-corrected chi connectivity index (χ3v) is 6.69. The Morgan fingerprint density at radius 2 is 1.86 bits per heavy atom. The van der Waals surface area contributed by atoms with Crippen molar-refractivity contribution in [3.05, 3.63) is 52.5 Å². The Balaban J connectivity index is 1.52. The second-order valence-electron chi connectivity index (χ2n) is 9.46. The molecule has 0 N–H and O–H groups in total. The maximum absolute atomic E-state index is 13.4. The highest BCUT2D eigenvalue weighted by Gasteiger charge is 2.41. The number of halogens is 3. The molecule has 0 aromatic carbocycles. The zero-order valence-electron chi connectivity index (χ0n) is 20.5. The fourth-order valence-corrected chi connectivity index (χ4v) is 4.46. The van der Waals surface area contributed by atoms with Gasteiger partial charge >= 0.3 is 6.18 Å². The Bertz CT molecular complexity index is 1380. The first kappa shape index (κ1) is 24.3. The average molecular weight is 498 g/mol. The van der Waals surface area contributed by atoms with Crippen molar-refractivity contribution in [3.8, 4) is 0 Å². The van der Waals surface area contributed by atoms with Crippen molar-refractivity contribution < 1.29 is 17.9 Å². The van der Waals surface area contributed by atoms with Crippen molar-refractivity contribution in [2.24, 2.45) is 5.92 Å². The SMILES string of the molecule is Cc1nc2nc([C@H]3CCO[C@@H](c4cnnc(N(C)C)c4)C3)nc(C3=C=CC(C(F)(F)F)C3)c2nc1C. The van der Waals surface area contributed by atoms with E-state index in [0.717, 1.165) is 17.5 Å². The summed E-state index contributed by atoms with van der Waals surface area (Å²) in [5.41, 5.74) is 6.64. The average Bonchev–Trinajstić information content (AvgIpc) is 3.35. The van der Waals surface area contributed by atoms with E-state index in [1.165, 1.54) is 0 Å². The van der Waals surface area contributed by atoms with E-state index in [4.69, 9.17) is 14.7 Å². The molecule has 0 saturated carbocycles. The highest BCUT2D eigenvalue weighted by molar-refractivity contribution is 5.85. The lowest BCUT2D eigenvalue weighted by Crippen LogP contribution is -2.22. The molecular formula is C25H26F3N7O. The number of fused-ring (bicyclic) bond motifs is 1. The summed E-state index contributed by atoms with van der Waals surface area (Å²) in [6.07, 6.45) is -0.754. The van der Waals surface area contributed by atoms with Crippen LogP contribution in [0.4, 0.5) is 19.0 Å². The van der Waals surface area contributed by atoms with Gasteiger partial charge in [-0.1, -0.05) is 0 Å². The molecule has 2 aliphatic rings. The molecule has 0 radical (unpaired) electrons. The first-order valence-electron chi connectivity index (χ1n) is 11.8. The monoisotopic (exact) mass is 497 g/mol. The van der Waals surface area contributed by atoms with E-state index in [1.807, 2.05) is 38.9 Å². The van der Waals surface area contributed by atoms with Gasteiger partial charge in [0.2, 0.25) is 0 Å². The van der Waals surface area contributed by atoms with Crippen LogP contribution in [0.2, 0.25) is 0 Å². The van der Waals surface area contributed by atoms with Crippen molar-refractivity contribution in [1.29, 1.82) is 0 Å². The largest absolute Gasteiger partial charge is 0.396 e. The van der Waals surface area contributed by atoms with E-state index in [0.29, 0.717) is 59.1 Å². The number of aryl methyl sites for hydroxylation is 2. The number of ether oxygens (including phenoxy) is 1. The van der Waals surface area contributed by atoms with Crippen LogP contribution in [0.3, 0.4) is 0 Å². The molecule has 0 amide bonds. The number of hydrogen-bond acceptors (Lipinski definition) is 8. The van der Waals surface area contributed by atoms with Gasteiger partial charge in [0.25, 0.3) is 0 Å². The Labute approximate surface area is 206 Å². The molecule has 11 heteroatoms. The predicted molar refractivity (Wildman–Crippen MR) is 127 cm³/mol. The lowest BCUT2D eigenvalue weighted by Gasteiger charge is -2.29. The van der Waals surface area contributed by atoms with Crippen molar-refractivity contribution in [1.82, 2.24) is 30.1 Å².